The van der Waals surface area contributed by atoms with Gasteiger partial charge in [-0.2, -0.15) is 0 Å². The van der Waals surface area contributed by atoms with Gasteiger partial charge in [-0.3, -0.25) is 4.90 Å². The van der Waals surface area contributed by atoms with Crippen molar-refractivity contribution in [1.29, 1.82) is 0 Å². The minimum absolute atomic E-state index is 0.886. The fourth-order valence-electron chi connectivity index (χ4n) is 3.41. The van der Waals surface area contributed by atoms with Crippen molar-refractivity contribution in [2.45, 2.75) is 18.4 Å². The third-order valence-corrected chi connectivity index (χ3v) is 5.82. The fraction of sp³-hybridized carbons (Fsp3) is 0.250. The Bertz CT molecular complexity index is 857. The second-order valence-electron chi connectivity index (χ2n) is 7.22. The summed E-state index contributed by atoms with van der Waals surface area (Å²) in [6.07, 6.45) is 0. The first-order valence-electron chi connectivity index (χ1n) is 9.79. The predicted octanol–water partition coefficient (Wildman–Crippen LogP) is 5.40. The molecular weight excluding hydrogens is 364 g/mol. The van der Waals surface area contributed by atoms with Crippen molar-refractivity contribution in [3.05, 3.63) is 90.0 Å². The Morgan fingerprint density at radius 3 is 2.14 bits per heavy atom. The molecule has 1 saturated heterocycles. The van der Waals surface area contributed by atoms with Crippen LogP contribution in [0.2, 0.25) is 0 Å². The molecule has 0 amide bonds. The van der Waals surface area contributed by atoms with Gasteiger partial charge in [0.05, 0.1) is 12.0 Å². The van der Waals surface area contributed by atoms with E-state index in [4.69, 9.17) is 4.18 Å². The molecule has 0 radical (unpaired) electrons. The smallest absolute Gasteiger partial charge is 0.138 e. The summed E-state index contributed by atoms with van der Waals surface area (Å²) in [5.41, 5.74) is 3.92. The normalized spacial score (nSPS) is 14.8. The van der Waals surface area contributed by atoms with Crippen LogP contribution in [0.4, 0.5) is 5.69 Å². The number of rotatable bonds is 6. The number of hydrogen-bond donors (Lipinski definition) is 0. The maximum absolute atomic E-state index is 5.85. The second kappa shape index (κ2) is 9.18. The summed E-state index contributed by atoms with van der Waals surface area (Å²) in [6, 6.07) is 27.6. The minimum atomic E-state index is 0.886. The molecule has 4 rings (SSSR count). The maximum atomic E-state index is 5.85. The van der Waals surface area contributed by atoms with E-state index in [-0.39, 0.29) is 0 Å². The molecule has 1 aliphatic heterocycles. The van der Waals surface area contributed by atoms with Gasteiger partial charge in [-0.15, -0.1) is 0 Å². The average molecular weight is 391 g/mol. The van der Waals surface area contributed by atoms with Crippen LogP contribution < -0.4 is 9.08 Å². The van der Waals surface area contributed by atoms with Gasteiger partial charge >= 0.3 is 0 Å². The van der Waals surface area contributed by atoms with Crippen LogP contribution in [0.3, 0.4) is 0 Å². The predicted molar refractivity (Wildman–Crippen MR) is 118 cm³/mol. The van der Waals surface area contributed by atoms with Crippen LogP contribution in [0.15, 0.2) is 83.8 Å². The van der Waals surface area contributed by atoms with Crippen molar-refractivity contribution in [2.75, 3.05) is 31.1 Å². The topological polar surface area (TPSA) is 15.7 Å². The van der Waals surface area contributed by atoms with Crippen LogP contribution in [0.5, 0.6) is 5.75 Å². The molecule has 0 spiro atoms. The fourth-order valence-corrected chi connectivity index (χ4v) is 3.96. The van der Waals surface area contributed by atoms with Gasteiger partial charge in [0, 0.05) is 43.3 Å². The van der Waals surface area contributed by atoms with E-state index in [9.17, 15) is 0 Å². The molecule has 1 aliphatic rings. The van der Waals surface area contributed by atoms with Crippen LogP contribution in [0.1, 0.15) is 11.1 Å². The number of anilines is 1. The van der Waals surface area contributed by atoms with Crippen LogP contribution in [-0.2, 0) is 6.54 Å². The van der Waals surface area contributed by atoms with Crippen molar-refractivity contribution < 1.29 is 4.18 Å². The highest BCUT2D eigenvalue weighted by atomic mass is 32.2. The zero-order valence-corrected chi connectivity index (χ0v) is 17.1. The highest BCUT2D eigenvalue weighted by molar-refractivity contribution is 7.95. The lowest BCUT2D eigenvalue weighted by molar-refractivity contribution is 0.250. The Balaban J connectivity index is 1.27. The lowest BCUT2D eigenvalue weighted by atomic mass is 10.2. The molecule has 4 heteroatoms. The van der Waals surface area contributed by atoms with Crippen LogP contribution in [-0.4, -0.2) is 31.1 Å². The molecule has 0 unspecified atom stereocenters. The molecule has 0 saturated carbocycles. The zero-order chi connectivity index (χ0) is 19.2. The van der Waals surface area contributed by atoms with E-state index in [0.717, 1.165) is 43.4 Å². The van der Waals surface area contributed by atoms with Crippen molar-refractivity contribution in [2.24, 2.45) is 0 Å². The molecule has 3 nitrogen and oxygen atoms in total. The standard InChI is InChI=1S/C24H26N2OS/c1-20-7-13-24(14-8-20)28-27-23-11-9-22(10-12-23)26-17-15-25(16-18-26)19-21-5-3-2-4-6-21/h2-14H,15-19H2,1H3. The van der Waals surface area contributed by atoms with Crippen LogP contribution >= 0.6 is 12.0 Å². The minimum Gasteiger partial charge on any atom is -0.421 e. The quantitative estimate of drug-likeness (QED) is 0.523. The number of piperazine rings is 1. The highest BCUT2D eigenvalue weighted by Crippen LogP contribution is 2.26. The zero-order valence-electron chi connectivity index (χ0n) is 16.3. The summed E-state index contributed by atoms with van der Waals surface area (Å²) in [7, 11) is 0. The molecule has 3 aromatic carbocycles. The Labute approximate surface area is 172 Å². The largest absolute Gasteiger partial charge is 0.421 e. The van der Waals surface area contributed by atoms with Gasteiger partial charge in [0.15, 0.2) is 0 Å². The third kappa shape index (κ3) is 5.09. The van der Waals surface area contributed by atoms with Crippen molar-refractivity contribution >= 4 is 17.7 Å². The van der Waals surface area contributed by atoms with Crippen molar-refractivity contribution in [3.8, 4) is 5.75 Å². The van der Waals surface area contributed by atoms with Crippen molar-refractivity contribution in [3.63, 3.8) is 0 Å². The SMILES string of the molecule is Cc1ccc(SOc2ccc(N3CCN(Cc4ccccc4)CC3)cc2)cc1. The highest BCUT2D eigenvalue weighted by Gasteiger charge is 2.17. The van der Waals surface area contributed by atoms with E-state index < -0.39 is 0 Å². The number of benzene rings is 3. The molecule has 0 aliphatic carbocycles. The Kier molecular flexibility index (Phi) is 6.20. The molecule has 0 atom stereocenters. The summed E-state index contributed by atoms with van der Waals surface area (Å²) in [5.74, 6) is 0.886. The van der Waals surface area contributed by atoms with E-state index in [0.29, 0.717) is 0 Å². The van der Waals surface area contributed by atoms with Gasteiger partial charge < -0.3 is 9.08 Å². The first-order chi connectivity index (χ1) is 13.8. The van der Waals surface area contributed by atoms with Gasteiger partial charge in [-0.1, -0.05) is 48.0 Å². The Morgan fingerprint density at radius 2 is 1.46 bits per heavy atom. The molecule has 0 aromatic heterocycles. The van der Waals surface area contributed by atoms with Gasteiger partial charge in [0.25, 0.3) is 0 Å². The molecule has 1 heterocycles. The van der Waals surface area contributed by atoms with E-state index in [2.05, 4.69) is 95.6 Å². The summed E-state index contributed by atoms with van der Waals surface area (Å²) in [5, 5.41) is 0. The molecule has 0 N–H and O–H groups in total. The van der Waals surface area contributed by atoms with E-state index in [1.807, 2.05) is 0 Å². The maximum Gasteiger partial charge on any atom is 0.138 e. The van der Waals surface area contributed by atoms with Crippen LogP contribution in [0.25, 0.3) is 0 Å². The lowest BCUT2D eigenvalue weighted by Crippen LogP contribution is -2.45. The summed E-state index contributed by atoms with van der Waals surface area (Å²) < 4.78 is 5.85. The number of hydrogen-bond acceptors (Lipinski definition) is 4. The molecule has 28 heavy (non-hydrogen) atoms. The second-order valence-corrected chi connectivity index (χ2v) is 8.03. The van der Waals surface area contributed by atoms with E-state index in [1.54, 1.807) is 0 Å². The lowest BCUT2D eigenvalue weighted by Gasteiger charge is -2.36. The summed E-state index contributed by atoms with van der Waals surface area (Å²) in [6.45, 7) is 7.44. The molecule has 1 fully saturated rings. The average Bonchev–Trinajstić information content (AvgIpc) is 2.75. The number of nitrogens with zero attached hydrogens (tertiary/aromatic N) is 2. The Morgan fingerprint density at radius 1 is 0.786 bits per heavy atom. The molecular formula is C24H26N2OS. The van der Waals surface area contributed by atoms with Crippen molar-refractivity contribution in [1.82, 2.24) is 4.90 Å². The molecule has 144 valence electrons. The van der Waals surface area contributed by atoms with Gasteiger partial charge in [-0.05, 0) is 48.9 Å². The summed E-state index contributed by atoms with van der Waals surface area (Å²) in [4.78, 5) is 6.10. The first kappa shape index (κ1) is 18.9. The summed E-state index contributed by atoms with van der Waals surface area (Å²) >= 11 is 1.40. The third-order valence-electron chi connectivity index (χ3n) is 5.08. The van der Waals surface area contributed by atoms with Gasteiger partial charge in [-0.25, -0.2) is 0 Å². The van der Waals surface area contributed by atoms with E-state index >= 15 is 0 Å². The number of aryl methyl sites for hydroxylation is 1. The van der Waals surface area contributed by atoms with Crippen LogP contribution in [0, 0.1) is 6.92 Å². The van der Waals surface area contributed by atoms with Gasteiger partial charge in [0.1, 0.15) is 5.75 Å². The molecule has 0 bridgehead atoms. The van der Waals surface area contributed by atoms with Gasteiger partial charge in [0.2, 0.25) is 0 Å². The van der Waals surface area contributed by atoms with E-state index in [1.165, 1.54) is 28.9 Å². The first-order valence-corrected chi connectivity index (χ1v) is 10.5. The monoisotopic (exact) mass is 390 g/mol. The molecule has 3 aromatic rings. The Hall–Kier alpha value is -2.43.